The molecule has 5 N–H and O–H groups in total. The van der Waals surface area contributed by atoms with Crippen LogP contribution in [0.5, 0.6) is 69.0 Å². The minimum Gasteiger partial charge on any atom is -0.508 e. The minimum absolute atomic E-state index is 0.0136. The Morgan fingerprint density at radius 2 is 0.692 bits per heavy atom. The summed E-state index contributed by atoms with van der Waals surface area (Å²) in [4.78, 5) is 36.1. The third-order valence-electron chi connectivity index (χ3n) is 15.6. The Kier molecular flexibility index (Phi) is 55.0. The van der Waals surface area contributed by atoms with Crippen molar-refractivity contribution in [1.82, 2.24) is 0 Å². The Morgan fingerprint density at radius 1 is 0.375 bits per heavy atom. The van der Waals surface area contributed by atoms with E-state index in [0.717, 1.165) is 51.4 Å². The quantitative estimate of drug-likeness (QED) is 0.0354. The van der Waals surface area contributed by atoms with E-state index in [9.17, 15) is 39.2 Å². The van der Waals surface area contributed by atoms with Gasteiger partial charge in [-0.1, -0.05) is 319 Å². The molecular weight excluding hydrogens is 1650 g/mol. The summed E-state index contributed by atoms with van der Waals surface area (Å²) >= 11 is 21.9. The van der Waals surface area contributed by atoms with Gasteiger partial charge in [-0.2, -0.15) is 0 Å². The molecule has 0 bridgehead atoms. The number of aromatic hydroxyl groups is 5. The number of carbonyl (C=O) groups excluding carboxylic acids is 3. The second-order valence-corrected chi connectivity index (χ2v) is 24.8. The van der Waals surface area contributed by atoms with Crippen LogP contribution >= 0.6 is 50.7 Å². The average Bonchev–Trinajstić information content (AvgIpc) is 0.804. The van der Waals surface area contributed by atoms with Crippen LogP contribution in [0.25, 0.3) is 12.2 Å². The van der Waals surface area contributed by atoms with Crippen molar-refractivity contribution < 1.29 is 77.5 Å². The molecule has 0 aromatic heterocycles. The predicted molar refractivity (Wildman–Crippen MR) is 495 cm³/mol. The molecule has 0 saturated carbocycles. The molecule has 0 aliphatic heterocycles. The van der Waals surface area contributed by atoms with Crippen molar-refractivity contribution in [3.05, 3.63) is 367 Å². The maximum Gasteiger partial charge on any atom is 0.342 e. The van der Waals surface area contributed by atoms with E-state index in [-0.39, 0.29) is 50.0 Å². The lowest BCUT2D eigenvalue weighted by Crippen LogP contribution is -2.08. The van der Waals surface area contributed by atoms with Crippen LogP contribution in [0.3, 0.4) is 0 Å². The lowest BCUT2D eigenvalue weighted by atomic mass is 9.98. The third kappa shape index (κ3) is 35.7. The number of methoxy groups -OCH3 is 3. The van der Waals surface area contributed by atoms with Crippen molar-refractivity contribution in [2.45, 2.75) is 122 Å². The van der Waals surface area contributed by atoms with Gasteiger partial charge in [-0.25, -0.2) is 18.8 Å². The summed E-state index contributed by atoms with van der Waals surface area (Å²) in [6.07, 6.45) is 4.81. The maximum atomic E-state index is 12.5. The summed E-state index contributed by atoms with van der Waals surface area (Å²) in [5.74, 6) is 1.71. The largest absolute Gasteiger partial charge is 0.508 e. The highest BCUT2D eigenvalue weighted by Crippen LogP contribution is 2.41. The molecule has 20 heteroatoms. The van der Waals surface area contributed by atoms with Crippen molar-refractivity contribution in [1.29, 1.82) is 0 Å². The van der Waals surface area contributed by atoms with E-state index in [4.69, 9.17) is 73.1 Å². The summed E-state index contributed by atoms with van der Waals surface area (Å²) in [5.41, 5.74) is 6.00. The first kappa shape index (κ1) is 106. The number of halogens is 5. The van der Waals surface area contributed by atoms with Gasteiger partial charge in [-0.15, -0.1) is 0 Å². The Labute approximate surface area is 732 Å². The van der Waals surface area contributed by atoms with Crippen LogP contribution < -0.4 is 18.9 Å². The van der Waals surface area contributed by atoms with Crippen LogP contribution in [-0.4, -0.2) is 64.8 Å². The molecule has 15 nitrogen and oxygen atoms in total. The van der Waals surface area contributed by atoms with E-state index in [2.05, 4.69) is 29.1 Å². The van der Waals surface area contributed by atoms with Crippen LogP contribution in [0.2, 0.25) is 15.1 Å². The van der Waals surface area contributed by atoms with Gasteiger partial charge in [-0.3, -0.25) is 0 Å². The van der Waals surface area contributed by atoms with Crippen molar-refractivity contribution in [2.24, 2.45) is 0 Å². The summed E-state index contributed by atoms with van der Waals surface area (Å²) in [6, 6.07) is 80.1. The van der Waals surface area contributed by atoms with Gasteiger partial charge < -0.3 is 58.7 Å². The van der Waals surface area contributed by atoms with E-state index in [1.807, 2.05) is 290 Å². The van der Waals surface area contributed by atoms with E-state index in [1.165, 1.54) is 33.5 Å². The van der Waals surface area contributed by atoms with Crippen molar-refractivity contribution in [3.63, 3.8) is 0 Å². The Hall–Kier alpha value is -12.0. The van der Waals surface area contributed by atoms with E-state index in [1.54, 1.807) is 54.6 Å². The molecule has 12 rings (SSSR count). The number of rotatable bonds is 20. The molecule has 0 saturated heterocycles. The van der Waals surface area contributed by atoms with Gasteiger partial charge in [0.25, 0.3) is 0 Å². The molecule has 0 atom stereocenters. The van der Waals surface area contributed by atoms with Gasteiger partial charge in [0.1, 0.15) is 98.1 Å². The van der Waals surface area contributed by atoms with Crippen LogP contribution in [0, 0.1) is 12.7 Å². The maximum absolute atomic E-state index is 12.5. The molecule has 0 spiro atoms. The van der Waals surface area contributed by atoms with Crippen molar-refractivity contribution >= 4 is 80.8 Å². The molecule has 12 aromatic carbocycles. The number of para-hydroxylation sites is 7. The molecule has 12 aromatic rings. The lowest BCUT2D eigenvalue weighted by molar-refractivity contribution is 0.0585. The Bertz CT molecular complexity index is 4760. The van der Waals surface area contributed by atoms with Crippen LogP contribution in [0.4, 0.5) is 4.39 Å². The number of phenols is 5. The number of esters is 3. The van der Waals surface area contributed by atoms with E-state index < -0.39 is 17.9 Å². The van der Waals surface area contributed by atoms with Crippen molar-refractivity contribution in [2.75, 3.05) is 21.3 Å². The number of phenolic OH excluding ortho intramolecular Hbond substituents is 5. The molecule has 0 radical (unpaired) electrons. The molecule has 0 unspecified atom stereocenters. The number of hydrogen-bond donors (Lipinski definition) is 5. The molecule has 120 heavy (non-hydrogen) atoms. The van der Waals surface area contributed by atoms with Crippen molar-refractivity contribution in [3.8, 4) is 69.0 Å². The Morgan fingerprint density at radius 3 is 1.04 bits per heavy atom. The first-order valence-electron chi connectivity index (χ1n) is 39.2. The topological polar surface area (TPSA) is 217 Å². The zero-order valence-corrected chi connectivity index (χ0v) is 75.1. The summed E-state index contributed by atoms with van der Waals surface area (Å²) < 4.78 is 50.7. The average molecular weight is 1760 g/mol. The number of benzene rings is 12. The van der Waals surface area contributed by atoms with Gasteiger partial charge in [0.15, 0.2) is 0 Å². The first-order valence-corrected chi connectivity index (χ1v) is 41.2. The fourth-order valence-electron chi connectivity index (χ4n) is 10.2. The van der Waals surface area contributed by atoms with E-state index in [0.29, 0.717) is 98.5 Å². The SMILES string of the molecule is C=Cc1ccccc1F.C=Cc1ccccc1Oc1ccccc1.CC.CC.CC.CC.CC.CC.COC(=O)c1c(O)cc(O)c(Cl)c1CCc1ccccc1Oc1ccccc1.COC(=O)c1c(O)cc(O)c(Cl)c1CCc1ccccc1Oc1ccccc1.COC(=O)c1c(OCc2ccccc2)cc(C)c(Cl)c1Br.Oc1ccccc1. The smallest absolute Gasteiger partial charge is 0.342 e. The minimum atomic E-state index is -0.719. The molecule has 638 valence electrons. The molecular formula is C100H113BrCl3FO15. The highest BCUT2D eigenvalue weighted by Gasteiger charge is 2.26. The number of hydrogen-bond acceptors (Lipinski definition) is 15. The summed E-state index contributed by atoms with van der Waals surface area (Å²) in [7, 11) is 3.76. The molecule has 0 heterocycles. The monoisotopic (exact) mass is 1760 g/mol. The van der Waals surface area contributed by atoms with Gasteiger partial charge >= 0.3 is 17.9 Å². The predicted octanol–water partition coefficient (Wildman–Crippen LogP) is 29.1. The second kappa shape index (κ2) is 62.2. The molecule has 0 aliphatic carbocycles. The van der Waals surface area contributed by atoms with E-state index >= 15 is 0 Å². The summed E-state index contributed by atoms with van der Waals surface area (Å²) in [5, 5.41) is 49.2. The van der Waals surface area contributed by atoms with Crippen LogP contribution in [0.1, 0.15) is 159 Å². The zero-order valence-electron chi connectivity index (χ0n) is 71.2. The van der Waals surface area contributed by atoms with Crippen LogP contribution in [-0.2, 0) is 46.5 Å². The van der Waals surface area contributed by atoms with Gasteiger partial charge in [0.05, 0.1) is 40.9 Å². The van der Waals surface area contributed by atoms with Gasteiger partial charge in [0.2, 0.25) is 0 Å². The number of aryl methyl sites for hydroxylation is 3. The number of carbonyl (C=O) groups is 3. The highest BCUT2D eigenvalue weighted by molar-refractivity contribution is 9.10. The first-order chi connectivity index (χ1) is 58.2. The number of ether oxygens (including phenoxy) is 7. The summed E-state index contributed by atoms with van der Waals surface area (Å²) in [6.45, 7) is 33.4. The zero-order chi connectivity index (χ0) is 89.9. The Balaban J connectivity index is 0.000000732. The standard InChI is InChI=1S/2C22H19ClO5.C16H14BrClO3.C14H12O.C8H7F.C6H6O.6C2H6/c2*1-27-22(26)20-16(21(23)18(25)13-17(20)24)12-11-14-7-5-6-10-19(14)28-15-8-3-2-4-9-15;1-10-8-12(21-9-11-6-4-3-5-7-11)13(16(19)20-2)14(17)15(10)18;1-2-12-8-6-7-11-14(12)15-13-9-4-3-5-10-13;1-2-7-5-3-4-6-8(7)9;7-6-4-2-1-3-5-6;6*1-2/h2*2-10,13,24-25H,11-12H2,1H3;3-8H,9H2,1-2H3;2-11H,1H2;2-6H,1H2;1-5,7H;6*1-2H3. The normalized spacial score (nSPS) is 9.38. The lowest BCUT2D eigenvalue weighted by Gasteiger charge is -2.15. The fraction of sp³-hybridized carbons (Fsp3) is 0.210. The van der Waals surface area contributed by atoms with Gasteiger partial charge in [0, 0.05) is 23.3 Å². The highest BCUT2D eigenvalue weighted by atomic mass is 79.9. The van der Waals surface area contributed by atoms with Gasteiger partial charge in [-0.05, 0) is 161 Å². The molecule has 0 fully saturated rings. The second-order valence-electron chi connectivity index (χ2n) is 22.9. The third-order valence-corrected chi connectivity index (χ3v) is 17.9. The molecule has 0 amide bonds. The fourth-order valence-corrected chi connectivity index (χ4v) is 11.5. The molecule has 0 aliphatic rings. The van der Waals surface area contributed by atoms with Crippen LogP contribution in [0.15, 0.2) is 285 Å².